The molecule has 0 heterocycles. The zero-order chi connectivity index (χ0) is 9.23. The third-order valence-corrected chi connectivity index (χ3v) is 2.19. The van der Waals surface area contributed by atoms with E-state index in [4.69, 9.17) is 4.74 Å². The van der Waals surface area contributed by atoms with Crippen molar-refractivity contribution in [2.24, 2.45) is 0 Å². The van der Waals surface area contributed by atoms with Crippen LogP contribution in [0.3, 0.4) is 0 Å². The Morgan fingerprint density at radius 2 is 2.17 bits per heavy atom. The summed E-state index contributed by atoms with van der Waals surface area (Å²) in [7, 11) is -0.668. The maximum atomic E-state index is 10.6. The fourth-order valence-corrected chi connectivity index (χ4v) is 1.22. The maximum absolute atomic E-state index is 10.6. The Labute approximate surface area is 77.3 Å². The number of hydrogen-bond donors (Lipinski definition) is 1. The topological polar surface area (TPSA) is 38.3 Å². The molecule has 0 aromatic heterocycles. The summed E-state index contributed by atoms with van der Waals surface area (Å²) in [6.07, 6.45) is 2.76. The lowest BCUT2D eigenvalue weighted by atomic mass is 10.4. The van der Waals surface area contributed by atoms with Crippen LogP contribution in [0.15, 0.2) is 0 Å². The van der Waals surface area contributed by atoms with E-state index in [1.807, 2.05) is 6.92 Å². The average molecular weight is 193 g/mol. The van der Waals surface area contributed by atoms with Gasteiger partial charge in [0.25, 0.3) is 0 Å². The predicted molar refractivity (Wildman–Crippen MR) is 52.9 cm³/mol. The highest BCUT2D eigenvalue weighted by molar-refractivity contribution is 7.84. The fourth-order valence-electron chi connectivity index (χ4n) is 0.784. The van der Waals surface area contributed by atoms with E-state index in [-0.39, 0.29) is 0 Å². The summed E-state index contributed by atoms with van der Waals surface area (Å²) in [5.41, 5.74) is 0. The van der Waals surface area contributed by atoms with Crippen LogP contribution in [-0.2, 0) is 15.5 Å². The number of rotatable bonds is 8. The Morgan fingerprint density at radius 3 is 2.75 bits per heavy atom. The molecule has 0 aliphatic carbocycles. The highest BCUT2D eigenvalue weighted by Crippen LogP contribution is 1.80. The smallest absolute Gasteiger partial charge is 0.0477 e. The first kappa shape index (κ1) is 12.1. The molecular formula is C8H19NO2S. The van der Waals surface area contributed by atoms with E-state index in [1.54, 1.807) is 6.26 Å². The Balaban J connectivity index is 2.86. The minimum absolute atomic E-state index is 0.668. The minimum Gasteiger partial charge on any atom is -0.382 e. The molecule has 0 aliphatic rings. The van der Waals surface area contributed by atoms with Crippen molar-refractivity contribution in [2.45, 2.75) is 13.3 Å². The highest BCUT2D eigenvalue weighted by atomic mass is 32.2. The van der Waals surface area contributed by atoms with E-state index in [0.29, 0.717) is 0 Å². The summed E-state index contributed by atoms with van der Waals surface area (Å²) in [4.78, 5) is 0. The molecular weight excluding hydrogens is 174 g/mol. The summed E-state index contributed by atoms with van der Waals surface area (Å²) in [6, 6.07) is 0. The quantitative estimate of drug-likeness (QED) is 0.566. The van der Waals surface area contributed by atoms with Gasteiger partial charge in [-0.2, -0.15) is 0 Å². The molecule has 4 heteroatoms. The molecule has 12 heavy (non-hydrogen) atoms. The molecule has 0 radical (unpaired) electrons. The van der Waals surface area contributed by atoms with Crippen molar-refractivity contribution in [2.75, 3.05) is 38.3 Å². The van der Waals surface area contributed by atoms with Crippen LogP contribution in [0.5, 0.6) is 0 Å². The number of ether oxygens (including phenoxy) is 1. The van der Waals surface area contributed by atoms with Gasteiger partial charge in [-0.1, -0.05) is 0 Å². The van der Waals surface area contributed by atoms with Gasteiger partial charge in [0, 0.05) is 42.6 Å². The molecule has 0 saturated carbocycles. The fraction of sp³-hybridized carbons (Fsp3) is 1.00. The van der Waals surface area contributed by atoms with E-state index in [9.17, 15) is 4.21 Å². The lowest BCUT2D eigenvalue weighted by Gasteiger charge is -2.03. The highest BCUT2D eigenvalue weighted by Gasteiger charge is 1.90. The molecule has 0 fully saturated rings. The van der Waals surface area contributed by atoms with Crippen LogP contribution in [0.4, 0.5) is 0 Å². The lowest BCUT2D eigenvalue weighted by Crippen LogP contribution is -2.22. The number of hydrogen-bond acceptors (Lipinski definition) is 3. The summed E-state index contributed by atoms with van der Waals surface area (Å²) in [5, 5.41) is 3.20. The second-order valence-corrected chi connectivity index (χ2v) is 4.13. The van der Waals surface area contributed by atoms with Gasteiger partial charge < -0.3 is 10.1 Å². The van der Waals surface area contributed by atoms with Crippen molar-refractivity contribution < 1.29 is 8.95 Å². The first-order chi connectivity index (χ1) is 5.77. The van der Waals surface area contributed by atoms with Crippen molar-refractivity contribution in [3.05, 3.63) is 0 Å². The van der Waals surface area contributed by atoms with Crippen molar-refractivity contribution in [3.8, 4) is 0 Å². The standard InChI is InChI=1S/C8H19NO2S/c1-3-11-7-4-5-9-6-8-12(2)10/h9H,3-8H2,1-2H3. The van der Waals surface area contributed by atoms with E-state index in [0.717, 1.165) is 38.5 Å². The van der Waals surface area contributed by atoms with Crippen molar-refractivity contribution in [1.29, 1.82) is 0 Å². The Morgan fingerprint density at radius 1 is 1.42 bits per heavy atom. The predicted octanol–water partition coefficient (Wildman–Crippen LogP) is 0.381. The van der Waals surface area contributed by atoms with Gasteiger partial charge >= 0.3 is 0 Å². The number of nitrogens with one attached hydrogen (secondary N) is 1. The molecule has 0 saturated heterocycles. The van der Waals surface area contributed by atoms with Gasteiger partial charge in [-0.15, -0.1) is 0 Å². The van der Waals surface area contributed by atoms with Crippen molar-refractivity contribution >= 4 is 10.8 Å². The van der Waals surface area contributed by atoms with Crippen molar-refractivity contribution in [3.63, 3.8) is 0 Å². The molecule has 0 spiro atoms. The molecule has 3 nitrogen and oxygen atoms in total. The normalized spacial score (nSPS) is 13.2. The molecule has 1 atom stereocenters. The van der Waals surface area contributed by atoms with Gasteiger partial charge in [-0.05, 0) is 19.9 Å². The van der Waals surface area contributed by atoms with Gasteiger partial charge in [0.2, 0.25) is 0 Å². The van der Waals surface area contributed by atoms with Crippen LogP contribution in [0.1, 0.15) is 13.3 Å². The second-order valence-electron chi connectivity index (χ2n) is 2.58. The van der Waals surface area contributed by atoms with Gasteiger partial charge in [0.05, 0.1) is 0 Å². The van der Waals surface area contributed by atoms with Gasteiger partial charge in [-0.3, -0.25) is 4.21 Å². The molecule has 0 aromatic carbocycles. The Hall–Kier alpha value is 0.0700. The molecule has 1 unspecified atom stereocenters. The van der Waals surface area contributed by atoms with E-state index in [1.165, 1.54) is 0 Å². The van der Waals surface area contributed by atoms with E-state index < -0.39 is 10.8 Å². The van der Waals surface area contributed by atoms with Crippen LogP contribution < -0.4 is 5.32 Å². The molecule has 0 amide bonds. The van der Waals surface area contributed by atoms with Crippen LogP contribution in [0.25, 0.3) is 0 Å². The summed E-state index contributed by atoms with van der Waals surface area (Å²) in [6.45, 7) is 5.40. The van der Waals surface area contributed by atoms with Crippen LogP contribution in [0.2, 0.25) is 0 Å². The molecule has 0 bridgehead atoms. The van der Waals surface area contributed by atoms with Gasteiger partial charge in [-0.25, -0.2) is 0 Å². The zero-order valence-electron chi connectivity index (χ0n) is 7.97. The largest absolute Gasteiger partial charge is 0.382 e. The van der Waals surface area contributed by atoms with Crippen LogP contribution >= 0.6 is 0 Å². The summed E-state index contributed by atoms with van der Waals surface area (Å²) in [5.74, 6) is 0.745. The van der Waals surface area contributed by atoms with Gasteiger partial charge in [0.15, 0.2) is 0 Å². The monoisotopic (exact) mass is 193 g/mol. The SMILES string of the molecule is CCOCCCNCCS(C)=O. The van der Waals surface area contributed by atoms with E-state index in [2.05, 4.69) is 5.32 Å². The van der Waals surface area contributed by atoms with Gasteiger partial charge in [0.1, 0.15) is 0 Å². The molecule has 74 valence electrons. The molecule has 0 aliphatic heterocycles. The Kier molecular flexibility index (Phi) is 9.21. The van der Waals surface area contributed by atoms with Crippen molar-refractivity contribution in [1.82, 2.24) is 5.32 Å². The summed E-state index contributed by atoms with van der Waals surface area (Å²) >= 11 is 0. The third-order valence-electron chi connectivity index (χ3n) is 1.41. The summed E-state index contributed by atoms with van der Waals surface area (Å²) < 4.78 is 15.8. The third kappa shape index (κ3) is 10.1. The lowest BCUT2D eigenvalue weighted by molar-refractivity contribution is 0.145. The Bertz CT molecular complexity index is 120. The first-order valence-corrected chi connectivity index (χ1v) is 6.08. The van der Waals surface area contributed by atoms with E-state index >= 15 is 0 Å². The maximum Gasteiger partial charge on any atom is 0.0477 e. The zero-order valence-corrected chi connectivity index (χ0v) is 8.78. The molecule has 0 aromatic rings. The van der Waals surface area contributed by atoms with Crippen LogP contribution in [0, 0.1) is 0 Å². The second kappa shape index (κ2) is 9.16. The molecule has 0 rings (SSSR count). The minimum atomic E-state index is -0.668. The first-order valence-electron chi connectivity index (χ1n) is 4.36. The molecule has 1 N–H and O–H groups in total. The van der Waals surface area contributed by atoms with Crippen LogP contribution in [-0.4, -0.2) is 42.5 Å². The average Bonchev–Trinajstić information content (AvgIpc) is 2.02.